The Labute approximate surface area is 111 Å². The first kappa shape index (κ1) is 14.7. The fraction of sp³-hybridized carbons (Fsp3) is 0. The first-order valence-electron chi connectivity index (χ1n) is 2.67. The third-order valence-electron chi connectivity index (χ3n) is 1.07. The van der Waals surface area contributed by atoms with Crippen molar-refractivity contribution in [2.75, 3.05) is 0 Å². The van der Waals surface area contributed by atoms with Gasteiger partial charge in [0.15, 0.2) is 0 Å². The number of hydrogen-bond acceptors (Lipinski definition) is 2. The molecular formula is C6H5BNa2O2. The molecule has 0 bridgehead atoms. The molecule has 0 radical (unpaired) electrons. The van der Waals surface area contributed by atoms with E-state index in [-0.39, 0.29) is 59.1 Å². The normalized spacial score (nSPS) is 7.45. The molecule has 2 nitrogen and oxygen atoms in total. The third-order valence-corrected chi connectivity index (χ3v) is 1.07. The van der Waals surface area contributed by atoms with E-state index in [1.807, 2.05) is 0 Å². The van der Waals surface area contributed by atoms with Crippen molar-refractivity contribution in [3.8, 4) is 0 Å². The monoisotopic (exact) mass is 166 g/mol. The van der Waals surface area contributed by atoms with Crippen molar-refractivity contribution in [3.63, 3.8) is 0 Å². The minimum absolute atomic E-state index is 0. The van der Waals surface area contributed by atoms with Gasteiger partial charge in [-0.2, -0.15) is 0 Å². The van der Waals surface area contributed by atoms with Crippen LogP contribution in [0.3, 0.4) is 0 Å². The first-order chi connectivity index (χ1) is 4.30. The molecule has 11 heavy (non-hydrogen) atoms. The van der Waals surface area contributed by atoms with Gasteiger partial charge in [-0.1, -0.05) is 37.5 Å². The average Bonchev–Trinajstić information content (AvgIpc) is 1.90. The maximum atomic E-state index is 10.2. The molecule has 0 amide bonds. The second-order valence-corrected chi connectivity index (χ2v) is 1.74. The van der Waals surface area contributed by atoms with Gasteiger partial charge in [-0.3, -0.25) is 0 Å². The second kappa shape index (κ2) is 7.83. The van der Waals surface area contributed by atoms with Gasteiger partial charge in [-0.25, -0.2) is 0 Å². The van der Waals surface area contributed by atoms with Crippen molar-refractivity contribution in [2.24, 2.45) is 0 Å². The first-order valence-corrected chi connectivity index (χ1v) is 2.67. The molecule has 0 heterocycles. The molecule has 0 saturated carbocycles. The van der Waals surface area contributed by atoms with Crippen molar-refractivity contribution in [3.05, 3.63) is 30.3 Å². The predicted octanol–water partition coefficient (Wildman–Crippen LogP) is -7.89. The summed E-state index contributed by atoms with van der Waals surface area (Å²) in [6.45, 7) is 0. The molecule has 46 valence electrons. The van der Waals surface area contributed by atoms with Gasteiger partial charge < -0.3 is 10.0 Å². The van der Waals surface area contributed by atoms with E-state index in [0.717, 1.165) is 0 Å². The molecule has 0 aliphatic heterocycles. The summed E-state index contributed by atoms with van der Waals surface area (Å²) < 4.78 is 0. The van der Waals surface area contributed by atoms with Crippen molar-refractivity contribution in [1.29, 1.82) is 0 Å². The van der Waals surface area contributed by atoms with Gasteiger partial charge in [-0.05, 0) is 0 Å². The summed E-state index contributed by atoms with van der Waals surface area (Å²) >= 11 is 0. The Morgan fingerprint density at radius 2 is 1.36 bits per heavy atom. The molecule has 0 atom stereocenters. The van der Waals surface area contributed by atoms with Crippen LogP contribution < -0.4 is 74.6 Å². The Bertz CT molecular complexity index is 181. The molecule has 1 aromatic carbocycles. The molecule has 1 rings (SSSR count). The Morgan fingerprint density at radius 3 is 1.64 bits per heavy atom. The van der Waals surface area contributed by atoms with Gasteiger partial charge in [0.2, 0.25) is 0 Å². The van der Waals surface area contributed by atoms with E-state index in [9.17, 15) is 10.0 Å². The molecule has 5 heteroatoms. The van der Waals surface area contributed by atoms with E-state index >= 15 is 0 Å². The molecule has 0 spiro atoms. The molecule has 0 unspecified atom stereocenters. The zero-order valence-corrected chi connectivity index (χ0v) is 10.8. The van der Waals surface area contributed by atoms with E-state index < -0.39 is 7.12 Å². The van der Waals surface area contributed by atoms with Crippen molar-refractivity contribution in [1.82, 2.24) is 0 Å². The molecule has 0 aliphatic carbocycles. The fourth-order valence-electron chi connectivity index (χ4n) is 0.610. The molecule has 0 fully saturated rings. The van der Waals surface area contributed by atoms with Gasteiger partial charge in [-0.15, -0.1) is 5.46 Å². The van der Waals surface area contributed by atoms with Crippen molar-refractivity contribution < 1.29 is 69.2 Å². The molecule has 0 N–H and O–H groups in total. The van der Waals surface area contributed by atoms with E-state index in [4.69, 9.17) is 0 Å². The van der Waals surface area contributed by atoms with Gasteiger partial charge in [0, 0.05) is 0 Å². The Hall–Kier alpha value is 1.20. The van der Waals surface area contributed by atoms with Crippen LogP contribution in [0.5, 0.6) is 0 Å². The minimum Gasteiger partial charge on any atom is -0.889 e. The standard InChI is InChI=1S/C6H5BO2.2Na/c8-7(9)6-4-2-1-3-5-6;;/h1-5H;;/q-2;2*+1. The molecule has 1 aromatic rings. The predicted molar refractivity (Wildman–Crippen MR) is 31.8 cm³/mol. The molecule has 0 saturated heterocycles. The third kappa shape index (κ3) is 5.44. The van der Waals surface area contributed by atoms with E-state index in [2.05, 4.69) is 0 Å². The number of benzene rings is 1. The summed E-state index contributed by atoms with van der Waals surface area (Å²) in [5, 5.41) is 20.3. The fourth-order valence-corrected chi connectivity index (χ4v) is 0.610. The Balaban J connectivity index is 0. The smallest absolute Gasteiger partial charge is 0.889 e. The van der Waals surface area contributed by atoms with Crippen LogP contribution in [0.1, 0.15) is 0 Å². The second-order valence-electron chi connectivity index (χ2n) is 1.74. The maximum absolute atomic E-state index is 10.2. The summed E-state index contributed by atoms with van der Waals surface area (Å²) in [6.07, 6.45) is 0. The van der Waals surface area contributed by atoms with Crippen molar-refractivity contribution in [2.45, 2.75) is 0 Å². The van der Waals surface area contributed by atoms with Crippen LogP contribution in [-0.4, -0.2) is 7.12 Å². The number of hydrogen-bond donors (Lipinski definition) is 0. The van der Waals surface area contributed by atoms with E-state index in [1.165, 1.54) is 12.1 Å². The topological polar surface area (TPSA) is 46.1 Å². The van der Waals surface area contributed by atoms with Crippen LogP contribution in [0, 0.1) is 0 Å². The minimum atomic E-state index is -1.84. The summed E-state index contributed by atoms with van der Waals surface area (Å²) in [5.74, 6) is 0. The molecular weight excluding hydrogens is 161 g/mol. The van der Waals surface area contributed by atoms with Gasteiger partial charge in [0.1, 0.15) is 0 Å². The van der Waals surface area contributed by atoms with Crippen LogP contribution in [-0.2, 0) is 0 Å². The summed E-state index contributed by atoms with van der Waals surface area (Å²) in [7, 11) is -1.84. The van der Waals surface area contributed by atoms with E-state index in [0.29, 0.717) is 5.46 Å². The summed E-state index contributed by atoms with van der Waals surface area (Å²) in [4.78, 5) is 0. The molecule has 0 aromatic heterocycles. The van der Waals surface area contributed by atoms with Gasteiger partial charge in [0.25, 0.3) is 0 Å². The molecule has 0 aliphatic rings. The summed E-state index contributed by atoms with van der Waals surface area (Å²) in [5.41, 5.74) is 0.303. The van der Waals surface area contributed by atoms with Crippen LogP contribution >= 0.6 is 0 Å². The van der Waals surface area contributed by atoms with Crippen LogP contribution in [0.25, 0.3) is 0 Å². The number of rotatable bonds is 1. The quantitative estimate of drug-likeness (QED) is 0.389. The largest absolute Gasteiger partial charge is 1.00 e. The Kier molecular flexibility index (Phi) is 10.5. The maximum Gasteiger partial charge on any atom is 1.00 e. The zero-order valence-electron chi connectivity index (χ0n) is 6.78. The van der Waals surface area contributed by atoms with Gasteiger partial charge in [0.05, 0.1) is 0 Å². The van der Waals surface area contributed by atoms with Crippen LogP contribution in [0.2, 0.25) is 0 Å². The zero-order chi connectivity index (χ0) is 6.69. The van der Waals surface area contributed by atoms with Crippen LogP contribution in [0.15, 0.2) is 30.3 Å². The average molecular weight is 166 g/mol. The Morgan fingerprint density at radius 1 is 0.909 bits per heavy atom. The van der Waals surface area contributed by atoms with Crippen LogP contribution in [0.4, 0.5) is 0 Å². The van der Waals surface area contributed by atoms with Gasteiger partial charge >= 0.3 is 59.1 Å². The van der Waals surface area contributed by atoms with Crippen molar-refractivity contribution >= 4 is 12.6 Å². The summed E-state index contributed by atoms with van der Waals surface area (Å²) in [6, 6.07) is 8.19. The SMILES string of the molecule is [Na+].[Na+].[O-]B([O-])c1ccccc1. The van der Waals surface area contributed by atoms with E-state index in [1.54, 1.807) is 18.2 Å².